The average Bonchev–Trinajstić information content (AvgIpc) is 2.27. The Bertz CT molecular complexity index is 291. The Hall–Kier alpha value is -0.800. The fourth-order valence-corrected chi connectivity index (χ4v) is 1.74. The summed E-state index contributed by atoms with van der Waals surface area (Å²) in [7, 11) is 3.71. The summed E-state index contributed by atoms with van der Waals surface area (Å²) in [6.45, 7) is 4.73. The molecule has 13 heavy (non-hydrogen) atoms. The quantitative estimate of drug-likeness (QED) is 0.765. The van der Waals surface area contributed by atoms with Gasteiger partial charge in [0, 0.05) is 25.5 Å². The van der Waals surface area contributed by atoms with Crippen LogP contribution in [0.15, 0.2) is 6.07 Å². The van der Waals surface area contributed by atoms with Gasteiger partial charge in [0.1, 0.15) is 0 Å². The fraction of sp³-hybridized carbons (Fsp3) is 0.600. The van der Waals surface area contributed by atoms with Gasteiger partial charge in [0.15, 0.2) is 0 Å². The van der Waals surface area contributed by atoms with Gasteiger partial charge in [-0.3, -0.25) is 0 Å². The second-order valence-electron chi connectivity index (χ2n) is 3.47. The number of aromatic nitrogens is 1. The van der Waals surface area contributed by atoms with Gasteiger partial charge in [-0.05, 0) is 25.5 Å². The fourth-order valence-electron chi connectivity index (χ4n) is 1.74. The molecule has 3 heteroatoms. The largest absolute Gasteiger partial charge is 0.383 e. The summed E-state index contributed by atoms with van der Waals surface area (Å²) in [6.07, 6.45) is 0. The zero-order valence-electron chi connectivity index (χ0n) is 8.79. The van der Waals surface area contributed by atoms with Crippen LogP contribution in [0.1, 0.15) is 23.0 Å². The molecule has 0 bridgehead atoms. The zero-order valence-corrected chi connectivity index (χ0v) is 8.79. The van der Waals surface area contributed by atoms with Crippen LogP contribution in [0.4, 0.5) is 0 Å². The molecular weight excluding hydrogens is 164 g/mol. The van der Waals surface area contributed by atoms with Crippen LogP contribution in [0.5, 0.6) is 0 Å². The molecule has 0 saturated heterocycles. The molecule has 0 spiro atoms. The van der Waals surface area contributed by atoms with Crippen LogP contribution in [0, 0.1) is 13.8 Å². The van der Waals surface area contributed by atoms with Gasteiger partial charge in [-0.1, -0.05) is 0 Å². The zero-order chi connectivity index (χ0) is 10.0. The number of aryl methyl sites for hydroxylation is 2. The molecule has 1 heterocycles. The number of hydrogen-bond acceptors (Lipinski definition) is 2. The van der Waals surface area contributed by atoms with Crippen LogP contribution in [-0.4, -0.2) is 18.3 Å². The van der Waals surface area contributed by atoms with Crippen molar-refractivity contribution in [2.75, 3.05) is 13.7 Å². The van der Waals surface area contributed by atoms with Gasteiger partial charge in [-0.25, -0.2) is 0 Å². The summed E-state index contributed by atoms with van der Waals surface area (Å²) in [5, 5.41) is 0. The van der Waals surface area contributed by atoms with Gasteiger partial charge in [-0.2, -0.15) is 0 Å². The molecule has 0 amide bonds. The predicted molar refractivity (Wildman–Crippen MR) is 53.7 cm³/mol. The number of rotatable bonds is 3. The predicted octanol–water partition coefficient (Wildman–Crippen LogP) is 1.29. The van der Waals surface area contributed by atoms with Crippen molar-refractivity contribution >= 4 is 0 Å². The lowest BCUT2D eigenvalue weighted by Crippen LogP contribution is -2.20. The number of hydrogen-bond donors (Lipinski definition) is 1. The summed E-state index contributed by atoms with van der Waals surface area (Å²) in [4.78, 5) is 0. The molecular formula is C10H18N2O. The molecule has 0 aliphatic rings. The summed E-state index contributed by atoms with van der Waals surface area (Å²) in [5.74, 6) is 0. The topological polar surface area (TPSA) is 40.2 Å². The van der Waals surface area contributed by atoms with E-state index in [-0.39, 0.29) is 6.04 Å². The number of ether oxygens (including phenoxy) is 1. The molecule has 2 N–H and O–H groups in total. The normalized spacial score (nSPS) is 13.3. The van der Waals surface area contributed by atoms with Crippen LogP contribution < -0.4 is 5.73 Å². The standard InChI is InChI=1S/C10H18N2O/c1-7-5-8(2)12(3)10(7)9(11)6-13-4/h5,9H,6,11H2,1-4H3. The minimum Gasteiger partial charge on any atom is -0.383 e. The third-order valence-electron chi connectivity index (χ3n) is 2.42. The van der Waals surface area contributed by atoms with Gasteiger partial charge in [0.05, 0.1) is 12.6 Å². The van der Waals surface area contributed by atoms with Gasteiger partial charge in [-0.15, -0.1) is 0 Å². The molecule has 74 valence electrons. The maximum absolute atomic E-state index is 5.97. The lowest BCUT2D eigenvalue weighted by Gasteiger charge is -2.14. The third kappa shape index (κ3) is 1.92. The molecule has 0 aliphatic carbocycles. The Morgan fingerprint density at radius 3 is 2.54 bits per heavy atom. The van der Waals surface area contributed by atoms with E-state index in [0.29, 0.717) is 6.61 Å². The van der Waals surface area contributed by atoms with Gasteiger partial charge >= 0.3 is 0 Å². The van der Waals surface area contributed by atoms with E-state index in [9.17, 15) is 0 Å². The number of nitrogens with zero attached hydrogens (tertiary/aromatic N) is 1. The highest BCUT2D eigenvalue weighted by Gasteiger charge is 2.13. The van der Waals surface area contributed by atoms with Crippen LogP contribution in [0.25, 0.3) is 0 Å². The van der Waals surface area contributed by atoms with Crippen LogP contribution >= 0.6 is 0 Å². The Morgan fingerprint density at radius 1 is 1.54 bits per heavy atom. The molecule has 0 fully saturated rings. The Labute approximate surface area is 79.5 Å². The Kier molecular flexibility index (Phi) is 3.12. The van der Waals surface area contributed by atoms with Crippen molar-refractivity contribution in [3.63, 3.8) is 0 Å². The number of methoxy groups -OCH3 is 1. The van der Waals surface area contributed by atoms with Crippen LogP contribution in [0.3, 0.4) is 0 Å². The van der Waals surface area contributed by atoms with Crippen molar-refractivity contribution in [2.24, 2.45) is 12.8 Å². The van der Waals surface area contributed by atoms with E-state index in [4.69, 9.17) is 10.5 Å². The Morgan fingerprint density at radius 2 is 2.15 bits per heavy atom. The highest BCUT2D eigenvalue weighted by molar-refractivity contribution is 5.28. The van der Waals surface area contributed by atoms with E-state index < -0.39 is 0 Å². The van der Waals surface area contributed by atoms with Gasteiger partial charge < -0.3 is 15.0 Å². The third-order valence-corrected chi connectivity index (χ3v) is 2.42. The van der Waals surface area contributed by atoms with Gasteiger partial charge in [0.25, 0.3) is 0 Å². The first kappa shape index (κ1) is 10.3. The highest BCUT2D eigenvalue weighted by atomic mass is 16.5. The minimum atomic E-state index is -0.0244. The van der Waals surface area contributed by atoms with Crippen molar-refractivity contribution in [2.45, 2.75) is 19.9 Å². The maximum atomic E-state index is 5.97. The second kappa shape index (κ2) is 3.94. The molecule has 1 aromatic rings. The molecule has 0 aliphatic heterocycles. The summed E-state index contributed by atoms with van der Waals surface area (Å²) in [5.41, 5.74) is 9.62. The highest BCUT2D eigenvalue weighted by Crippen LogP contribution is 2.19. The average molecular weight is 182 g/mol. The smallest absolute Gasteiger partial charge is 0.0690 e. The molecule has 0 saturated carbocycles. The van der Waals surface area contributed by atoms with Crippen molar-refractivity contribution in [3.8, 4) is 0 Å². The van der Waals surface area contributed by atoms with E-state index >= 15 is 0 Å². The van der Waals surface area contributed by atoms with Crippen LogP contribution in [-0.2, 0) is 11.8 Å². The van der Waals surface area contributed by atoms with E-state index in [0.717, 1.165) is 0 Å². The SMILES string of the molecule is COCC(N)c1c(C)cc(C)n1C. The molecule has 1 rings (SSSR count). The first-order valence-electron chi connectivity index (χ1n) is 4.45. The summed E-state index contributed by atoms with van der Waals surface area (Å²) >= 11 is 0. The van der Waals surface area contributed by atoms with E-state index in [1.165, 1.54) is 17.0 Å². The summed E-state index contributed by atoms with van der Waals surface area (Å²) < 4.78 is 7.16. The van der Waals surface area contributed by atoms with Gasteiger partial charge in [0.2, 0.25) is 0 Å². The maximum Gasteiger partial charge on any atom is 0.0690 e. The second-order valence-corrected chi connectivity index (χ2v) is 3.47. The molecule has 0 radical (unpaired) electrons. The van der Waals surface area contributed by atoms with Crippen molar-refractivity contribution in [1.29, 1.82) is 0 Å². The lowest BCUT2D eigenvalue weighted by atomic mass is 10.1. The van der Waals surface area contributed by atoms with E-state index in [2.05, 4.69) is 24.5 Å². The first-order chi connectivity index (χ1) is 6.07. The van der Waals surface area contributed by atoms with Crippen molar-refractivity contribution in [1.82, 2.24) is 4.57 Å². The Balaban J connectivity index is 2.98. The number of nitrogens with two attached hydrogens (primary N) is 1. The minimum absolute atomic E-state index is 0.0244. The molecule has 1 unspecified atom stereocenters. The van der Waals surface area contributed by atoms with Crippen LogP contribution in [0.2, 0.25) is 0 Å². The van der Waals surface area contributed by atoms with Crippen molar-refractivity contribution in [3.05, 3.63) is 23.0 Å². The van der Waals surface area contributed by atoms with E-state index in [1.54, 1.807) is 7.11 Å². The summed E-state index contributed by atoms with van der Waals surface area (Å²) in [6, 6.07) is 2.12. The molecule has 0 aromatic carbocycles. The van der Waals surface area contributed by atoms with E-state index in [1.807, 2.05) is 7.05 Å². The molecule has 1 aromatic heterocycles. The monoisotopic (exact) mass is 182 g/mol. The van der Waals surface area contributed by atoms with Crippen molar-refractivity contribution < 1.29 is 4.74 Å². The molecule has 3 nitrogen and oxygen atoms in total. The molecule has 1 atom stereocenters. The first-order valence-corrected chi connectivity index (χ1v) is 4.45. The lowest BCUT2D eigenvalue weighted by molar-refractivity contribution is 0.178.